The number of amides is 1. The number of nitrogens with zero attached hydrogens (tertiary/aromatic N) is 3. The molecule has 3 unspecified atom stereocenters. The van der Waals surface area contributed by atoms with Crippen LogP contribution in [0.5, 0.6) is 11.5 Å². The smallest absolute Gasteiger partial charge is 0.415 e. The SMILES string of the molecule is COc1ccc(C2CC(=O)C3C(=Nc4ccccc4N(C(=O)OC(C)C)C3c3ccc(N(C(C)C)C(C)C)cc3OC)C2)cc1. The van der Waals surface area contributed by atoms with Gasteiger partial charge in [-0.2, -0.15) is 0 Å². The molecule has 3 aromatic carbocycles. The minimum atomic E-state index is -0.724. The van der Waals surface area contributed by atoms with Crippen molar-refractivity contribution in [2.45, 2.75) is 84.5 Å². The number of aliphatic imine (C=N–C) groups is 1. The van der Waals surface area contributed by atoms with Crippen LogP contribution in [0.15, 0.2) is 71.7 Å². The fourth-order valence-corrected chi connectivity index (χ4v) is 6.89. The second kappa shape index (κ2) is 13.3. The molecule has 238 valence electrons. The van der Waals surface area contributed by atoms with E-state index in [9.17, 15) is 9.59 Å². The molecule has 8 heteroatoms. The zero-order chi connectivity index (χ0) is 32.4. The van der Waals surface area contributed by atoms with E-state index in [1.54, 1.807) is 19.1 Å². The van der Waals surface area contributed by atoms with Gasteiger partial charge in [0.15, 0.2) is 0 Å². The third-order valence-corrected chi connectivity index (χ3v) is 8.68. The van der Waals surface area contributed by atoms with Crippen LogP contribution >= 0.6 is 0 Å². The van der Waals surface area contributed by atoms with Crippen LogP contribution in [-0.2, 0) is 9.53 Å². The maximum atomic E-state index is 14.4. The second-order valence-corrected chi connectivity index (χ2v) is 12.7. The van der Waals surface area contributed by atoms with Crippen LogP contribution in [-0.4, -0.2) is 50.0 Å². The largest absolute Gasteiger partial charge is 0.497 e. The molecule has 1 amide bonds. The molecule has 2 aliphatic rings. The van der Waals surface area contributed by atoms with Gasteiger partial charge in [-0.3, -0.25) is 14.7 Å². The molecule has 45 heavy (non-hydrogen) atoms. The maximum Gasteiger partial charge on any atom is 0.415 e. The number of methoxy groups -OCH3 is 2. The van der Waals surface area contributed by atoms with Crippen molar-refractivity contribution in [1.82, 2.24) is 0 Å². The van der Waals surface area contributed by atoms with Gasteiger partial charge in [0.25, 0.3) is 0 Å². The Balaban J connectivity index is 1.69. The molecule has 1 aliphatic carbocycles. The molecule has 8 nitrogen and oxygen atoms in total. The normalized spacial score (nSPS) is 19.5. The number of benzene rings is 3. The van der Waals surface area contributed by atoms with Crippen LogP contribution in [0.3, 0.4) is 0 Å². The number of hydrogen-bond donors (Lipinski definition) is 0. The summed E-state index contributed by atoms with van der Waals surface area (Å²) in [6, 6.07) is 21.3. The van der Waals surface area contributed by atoms with Crippen LogP contribution in [0.1, 0.15) is 77.5 Å². The number of ether oxygens (including phenoxy) is 3. The molecule has 3 aromatic rings. The van der Waals surface area contributed by atoms with Crippen LogP contribution in [0.4, 0.5) is 21.9 Å². The van der Waals surface area contributed by atoms with Gasteiger partial charge >= 0.3 is 6.09 Å². The minimum Gasteiger partial charge on any atom is -0.497 e. The number of hydrogen-bond acceptors (Lipinski definition) is 7. The topological polar surface area (TPSA) is 80.7 Å². The molecule has 0 spiro atoms. The van der Waals surface area contributed by atoms with Crippen LogP contribution in [0, 0.1) is 5.92 Å². The Morgan fingerprint density at radius 3 is 2.20 bits per heavy atom. The fourth-order valence-electron chi connectivity index (χ4n) is 6.89. The quantitative estimate of drug-likeness (QED) is 0.255. The molecule has 1 aliphatic heterocycles. The van der Waals surface area contributed by atoms with E-state index < -0.39 is 18.1 Å². The Bertz CT molecular complexity index is 1550. The molecule has 0 bridgehead atoms. The van der Waals surface area contributed by atoms with Crippen molar-refractivity contribution in [3.63, 3.8) is 0 Å². The highest BCUT2D eigenvalue weighted by Gasteiger charge is 2.48. The lowest BCUT2D eigenvalue weighted by Gasteiger charge is -2.39. The summed E-state index contributed by atoms with van der Waals surface area (Å²) in [6.07, 6.45) is 0.0202. The zero-order valence-corrected chi connectivity index (χ0v) is 27.6. The molecule has 1 fully saturated rings. The fraction of sp³-hybridized carbons (Fsp3) is 0.432. The van der Waals surface area contributed by atoms with Gasteiger partial charge in [0, 0.05) is 41.5 Å². The van der Waals surface area contributed by atoms with Gasteiger partial charge in [-0.15, -0.1) is 0 Å². The van der Waals surface area contributed by atoms with Crippen molar-refractivity contribution in [2.24, 2.45) is 10.9 Å². The van der Waals surface area contributed by atoms with Crippen molar-refractivity contribution in [3.05, 3.63) is 77.9 Å². The average Bonchev–Trinajstić information content (AvgIpc) is 3.15. The number of ketones is 1. The first-order valence-corrected chi connectivity index (χ1v) is 15.8. The third-order valence-electron chi connectivity index (χ3n) is 8.68. The Hall–Kier alpha value is -4.33. The number of para-hydroxylation sites is 2. The van der Waals surface area contributed by atoms with Gasteiger partial charge in [0.1, 0.15) is 17.3 Å². The third kappa shape index (κ3) is 6.42. The van der Waals surface area contributed by atoms with Gasteiger partial charge < -0.3 is 19.1 Å². The van der Waals surface area contributed by atoms with Crippen molar-refractivity contribution in [2.75, 3.05) is 24.0 Å². The Kier molecular flexibility index (Phi) is 9.51. The number of Topliss-reactive ketones (excluding diaryl/α,β-unsaturated/α-hetero) is 1. The van der Waals surface area contributed by atoms with E-state index in [0.717, 1.165) is 28.3 Å². The van der Waals surface area contributed by atoms with E-state index in [4.69, 9.17) is 19.2 Å². The second-order valence-electron chi connectivity index (χ2n) is 12.7. The minimum absolute atomic E-state index is 0.0260. The van der Waals surface area contributed by atoms with Gasteiger partial charge in [-0.1, -0.05) is 30.3 Å². The average molecular weight is 612 g/mol. The number of rotatable bonds is 8. The monoisotopic (exact) mass is 611 g/mol. The van der Waals surface area contributed by atoms with E-state index in [0.29, 0.717) is 30.0 Å². The van der Waals surface area contributed by atoms with Crippen LogP contribution in [0.2, 0.25) is 0 Å². The lowest BCUT2D eigenvalue weighted by Crippen LogP contribution is -2.46. The van der Waals surface area contributed by atoms with Crippen LogP contribution in [0.25, 0.3) is 0 Å². The molecule has 5 rings (SSSR count). The predicted molar refractivity (Wildman–Crippen MR) is 180 cm³/mol. The Labute approximate surface area is 267 Å². The standard InChI is InChI=1S/C37H45N3O5/c1-22(2)39(23(3)4)27-15-18-29(34(21-27)44-8)36-35-31(19-26(20-33(35)41)25-13-16-28(43-7)17-14-25)38-30-11-9-10-12-32(30)40(36)37(42)45-24(5)6/h9-18,21-24,26,35-36H,19-20H2,1-8H3. The molecular formula is C37H45N3O5. The number of anilines is 2. The van der Waals surface area contributed by atoms with E-state index in [2.05, 4.69) is 38.7 Å². The highest BCUT2D eigenvalue weighted by Crippen LogP contribution is 2.49. The first-order chi connectivity index (χ1) is 21.5. The molecular weight excluding hydrogens is 566 g/mol. The highest BCUT2D eigenvalue weighted by atomic mass is 16.6. The summed E-state index contributed by atoms with van der Waals surface area (Å²) in [6.45, 7) is 12.3. The summed E-state index contributed by atoms with van der Waals surface area (Å²) < 4.78 is 17.2. The Morgan fingerprint density at radius 1 is 0.889 bits per heavy atom. The van der Waals surface area contributed by atoms with E-state index >= 15 is 0 Å². The maximum absolute atomic E-state index is 14.4. The molecule has 1 heterocycles. The van der Waals surface area contributed by atoms with Gasteiger partial charge in [0.2, 0.25) is 0 Å². The van der Waals surface area contributed by atoms with Crippen molar-refractivity contribution < 1.29 is 23.8 Å². The molecule has 0 radical (unpaired) electrons. The predicted octanol–water partition coefficient (Wildman–Crippen LogP) is 8.27. The number of carbonyl (C=O) groups is 2. The summed E-state index contributed by atoms with van der Waals surface area (Å²) in [5.74, 6) is 0.670. The summed E-state index contributed by atoms with van der Waals surface area (Å²) in [5.41, 5.74) is 4.78. The molecule has 0 saturated heterocycles. The van der Waals surface area contributed by atoms with Crippen molar-refractivity contribution >= 4 is 34.7 Å². The molecule has 0 N–H and O–H groups in total. The van der Waals surface area contributed by atoms with Crippen molar-refractivity contribution in [3.8, 4) is 11.5 Å². The molecule has 3 atom stereocenters. The van der Waals surface area contributed by atoms with Crippen LogP contribution < -0.4 is 19.3 Å². The summed E-state index contributed by atoms with van der Waals surface area (Å²) in [5, 5.41) is 0. The lowest BCUT2D eigenvalue weighted by atomic mass is 9.72. The first kappa shape index (κ1) is 32.1. The number of fused-ring (bicyclic) bond motifs is 2. The lowest BCUT2D eigenvalue weighted by molar-refractivity contribution is -0.122. The van der Waals surface area contributed by atoms with E-state index in [-0.39, 0.29) is 29.9 Å². The highest BCUT2D eigenvalue weighted by molar-refractivity contribution is 6.12. The Morgan fingerprint density at radius 2 is 1.58 bits per heavy atom. The summed E-state index contributed by atoms with van der Waals surface area (Å²) >= 11 is 0. The summed E-state index contributed by atoms with van der Waals surface area (Å²) in [7, 11) is 3.28. The van der Waals surface area contributed by atoms with Gasteiger partial charge in [-0.05, 0) is 89.8 Å². The molecule has 1 saturated carbocycles. The summed E-state index contributed by atoms with van der Waals surface area (Å²) in [4.78, 5) is 37.6. The van der Waals surface area contributed by atoms with Gasteiger partial charge in [0.05, 0.1) is 43.7 Å². The van der Waals surface area contributed by atoms with E-state index in [1.807, 2.05) is 74.5 Å². The number of carbonyl (C=O) groups excluding carboxylic acids is 2. The zero-order valence-electron chi connectivity index (χ0n) is 27.6. The van der Waals surface area contributed by atoms with Crippen molar-refractivity contribution in [1.29, 1.82) is 0 Å². The van der Waals surface area contributed by atoms with Gasteiger partial charge in [-0.25, -0.2) is 4.79 Å². The molecule has 0 aromatic heterocycles. The van der Waals surface area contributed by atoms with E-state index in [1.165, 1.54) is 0 Å². The first-order valence-electron chi connectivity index (χ1n) is 15.8.